The molecular weight excluding hydrogens is 364 g/mol. The first kappa shape index (κ1) is 18.9. The van der Waals surface area contributed by atoms with Gasteiger partial charge in [0, 0.05) is 17.7 Å². The molecule has 4 saturated carbocycles. The highest BCUT2D eigenvalue weighted by Gasteiger charge is 2.58. The highest BCUT2D eigenvalue weighted by atomic mass is 32.2. The summed E-state index contributed by atoms with van der Waals surface area (Å²) in [6.45, 7) is 6.94. The van der Waals surface area contributed by atoms with E-state index < -0.39 is 14.9 Å². The molecule has 5 rings (SSSR count). The van der Waals surface area contributed by atoms with E-state index in [4.69, 9.17) is 0 Å². The zero-order valence-electron chi connectivity index (χ0n) is 16.1. The number of non-ortho nitro benzene ring substituents is 1. The van der Waals surface area contributed by atoms with E-state index in [9.17, 15) is 18.5 Å². The average molecular weight is 393 g/mol. The Bertz CT molecular complexity index is 841. The van der Waals surface area contributed by atoms with Gasteiger partial charge in [-0.1, -0.05) is 20.8 Å². The third kappa shape index (κ3) is 3.29. The maximum atomic E-state index is 13.0. The van der Waals surface area contributed by atoms with Gasteiger partial charge >= 0.3 is 0 Å². The van der Waals surface area contributed by atoms with E-state index in [1.165, 1.54) is 37.1 Å². The Balaban J connectivity index is 1.58. The fourth-order valence-corrected chi connectivity index (χ4v) is 8.09. The summed E-state index contributed by atoms with van der Waals surface area (Å²) in [7, 11) is -3.69. The number of nitrogens with zero attached hydrogens (tertiary/aromatic N) is 1. The molecule has 0 amide bonds. The smallest absolute Gasteiger partial charge is 0.258 e. The molecule has 0 spiro atoms. The molecule has 4 fully saturated rings. The van der Waals surface area contributed by atoms with Crippen molar-refractivity contribution in [3.8, 4) is 0 Å². The Labute approximate surface area is 160 Å². The summed E-state index contributed by atoms with van der Waals surface area (Å²) in [6.07, 6.45) is 5.18. The summed E-state index contributed by atoms with van der Waals surface area (Å²) in [6, 6.07) is 5.17. The largest absolute Gasteiger partial charge is 0.269 e. The van der Waals surface area contributed by atoms with E-state index in [-0.39, 0.29) is 21.5 Å². The first-order valence-electron chi connectivity index (χ1n) is 9.78. The van der Waals surface area contributed by atoms with Crippen molar-refractivity contribution in [2.24, 2.45) is 29.1 Å². The van der Waals surface area contributed by atoms with Crippen molar-refractivity contribution in [2.75, 3.05) is 0 Å². The minimum absolute atomic E-state index is 0.100. The van der Waals surface area contributed by atoms with Crippen molar-refractivity contribution in [3.05, 3.63) is 34.4 Å². The number of hydrogen-bond acceptors (Lipinski definition) is 4. The molecule has 0 aliphatic heterocycles. The Morgan fingerprint density at radius 3 is 2.11 bits per heavy atom. The van der Waals surface area contributed by atoms with Crippen LogP contribution in [0.15, 0.2) is 29.2 Å². The van der Waals surface area contributed by atoms with Crippen LogP contribution in [0.1, 0.15) is 52.9 Å². The van der Waals surface area contributed by atoms with Crippen molar-refractivity contribution >= 4 is 15.7 Å². The lowest BCUT2D eigenvalue weighted by atomic mass is 9.45. The molecule has 1 aromatic carbocycles. The number of rotatable bonds is 4. The van der Waals surface area contributed by atoms with Crippen molar-refractivity contribution in [3.63, 3.8) is 0 Å². The molecule has 0 saturated heterocycles. The Hall–Kier alpha value is -1.47. The standard InChI is InChI=1S/C20H28N2O4S/c1-19(2,3)18-14-8-13-9-15(18)12-20(10-13,11-14)21-27(25,26)17-6-4-16(5-7-17)22(23)24/h4-7,13-15,18,21H,8-12H2,1-3H3. The average Bonchev–Trinajstić information content (AvgIpc) is 2.51. The molecule has 2 unspecified atom stereocenters. The Kier molecular flexibility index (Phi) is 4.20. The maximum Gasteiger partial charge on any atom is 0.269 e. The third-order valence-corrected chi connectivity index (χ3v) is 8.58. The van der Waals surface area contributed by atoms with E-state index in [1.807, 2.05) is 0 Å². The van der Waals surface area contributed by atoms with Gasteiger partial charge in [0.1, 0.15) is 0 Å². The van der Waals surface area contributed by atoms with Gasteiger partial charge in [-0.3, -0.25) is 10.1 Å². The molecule has 1 N–H and O–H groups in total. The summed E-state index contributed by atoms with van der Waals surface area (Å²) in [5, 5.41) is 10.8. The second-order valence-corrected chi connectivity index (χ2v) is 11.7. The summed E-state index contributed by atoms with van der Waals surface area (Å²) < 4.78 is 29.0. The number of nitro benzene ring substituents is 1. The van der Waals surface area contributed by atoms with Crippen LogP contribution in [0.5, 0.6) is 0 Å². The van der Waals surface area contributed by atoms with Gasteiger partial charge in [0.2, 0.25) is 10.0 Å². The molecular formula is C20H28N2O4S. The molecule has 0 radical (unpaired) electrons. The third-order valence-electron chi connectivity index (χ3n) is 6.98. The van der Waals surface area contributed by atoms with Gasteiger partial charge in [-0.25, -0.2) is 13.1 Å². The van der Waals surface area contributed by atoms with Crippen molar-refractivity contribution in [1.82, 2.24) is 4.72 Å². The van der Waals surface area contributed by atoms with E-state index >= 15 is 0 Å². The van der Waals surface area contributed by atoms with Crippen LogP contribution >= 0.6 is 0 Å². The monoisotopic (exact) mass is 392 g/mol. The summed E-state index contributed by atoms with van der Waals surface area (Å²) in [5.74, 6) is 2.43. The zero-order valence-corrected chi connectivity index (χ0v) is 17.0. The quantitative estimate of drug-likeness (QED) is 0.617. The van der Waals surface area contributed by atoms with Gasteiger partial charge in [0.25, 0.3) is 5.69 Å². The van der Waals surface area contributed by atoms with Crippen LogP contribution in [0.25, 0.3) is 0 Å². The van der Waals surface area contributed by atoms with Gasteiger partial charge in [0.05, 0.1) is 9.82 Å². The summed E-state index contributed by atoms with van der Waals surface area (Å²) >= 11 is 0. The number of sulfonamides is 1. The van der Waals surface area contributed by atoms with Gasteiger partial charge in [-0.05, 0) is 73.3 Å². The fourth-order valence-electron chi connectivity index (χ4n) is 6.65. The molecule has 27 heavy (non-hydrogen) atoms. The number of nitro groups is 1. The summed E-state index contributed by atoms with van der Waals surface area (Å²) in [4.78, 5) is 10.4. The number of benzene rings is 1. The number of hydrogen-bond donors (Lipinski definition) is 1. The number of nitrogens with one attached hydrogen (secondary N) is 1. The van der Waals surface area contributed by atoms with Gasteiger partial charge in [-0.2, -0.15) is 0 Å². The van der Waals surface area contributed by atoms with E-state index in [0.29, 0.717) is 23.7 Å². The van der Waals surface area contributed by atoms with E-state index in [1.54, 1.807) is 0 Å². The second-order valence-electron chi connectivity index (χ2n) is 10.00. The lowest BCUT2D eigenvalue weighted by molar-refractivity contribution is -0.384. The molecule has 0 aromatic heterocycles. The fraction of sp³-hybridized carbons (Fsp3) is 0.700. The van der Waals surface area contributed by atoms with Crippen molar-refractivity contribution < 1.29 is 13.3 Å². The molecule has 4 aliphatic rings. The maximum absolute atomic E-state index is 13.0. The Morgan fingerprint density at radius 1 is 1.07 bits per heavy atom. The van der Waals surface area contributed by atoms with Crippen LogP contribution in [-0.4, -0.2) is 18.9 Å². The van der Waals surface area contributed by atoms with Crippen LogP contribution in [0, 0.1) is 39.2 Å². The second kappa shape index (κ2) is 6.01. The van der Waals surface area contributed by atoms with Crippen LogP contribution in [0.4, 0.5) is 5.69 Å². The highest BCUT2D eigenvalue weighted by Crippen LogP contribution is 2.62. The molecule has 1 aromatic rings. The van der Waals surface area contributed by atoms with E-state index in [2.05, 4.69) is 25.5 Å². The summed E-state index contributed by atoms with van der Waals surface area (Å²) in [5.41, 5.74) is -0.198. The van der Waals surface area contributed by atoms with Crippen LogP contribution in [0.3, 0.4) is 0 Å². The van der Waals surface area contributed by atoms with Crippen LogP contribution in [-0.2, 0) is 10.0 Å². The first-order chi connectivity index (χ1) is 12.5. The van der Waals surface area contributed by atoms with Crippen LogP contribution in [0.2, 0.25) is 0 Å². The lowest BCUT2D eigenvalue weighted by Gasteiger charge is -2.62. The molecule has 6 nitrogen and oxygen atoms in total. The molecule has 4 bridgehead atoms. The first-order valence-corrected chi connectivity index (χ1v) is 11.3. The van der Waals surface area contributed by atoms with Gasteiger partial charge < -0.3 is 0 Å². The molecule has 7 heteroatoms. The minimum atomic E-state index is -3.69. The van der Waals surface area contributed by atoms with Gasteiger partial charge in [0.15, 0.2) is 0 Å². The van der Waals surface area contributed by atoms with E-state index in [0.717, 1.165) is 19.3 Å². The molecule has 148 valence electrons. The highest BCUT2D eigenvalue weighted by molar-refractivity contribution is 7.89. The van der Waals surface area contributed by atoms with Crippen molar-refractivity contribution in [2.45, 2.75) is 63.3 Å². The predicted molar refractivity (Wildman–Crippen MR) is 103 cm³/mol. The van der Waals surface area contributed by atoms with Crippen molar-refractivity contribution in [1.29, 1.82) is 0 Å². The predicted octanol–water partition coefficient (Wildman–Crippen LogP) is 4.11. The van der Waals surface area contributed by atoms with Gasteiger partial charge in [-0.15, -0.1) is 0 Å². The minimum Gasteiger partial charge on any atom is -0.258 e. The molecule has 4 aliphatic carbocycles. The molecule has 2 atom stereocenters. The lowest BCUT2D eigenvalue weighted by Crippen LogP contribution is -2.63. The normalized spacial score (nSPS) is 35.4. The zero-order chi connectivity index (χ0) is 19.6. The molecule has 0 heterocycles. The Morgan fingerprint density at radius 2 is 1.63 bits per heavy atom. The topological polar surface area (TPSA) is 89.3 Å². The SMILES string of the molecule is CC(C)(C)C1C2CC3CC1CC(NS(=O)(=O)c1ccc([N+](=O)[O-])cc1)(C3)C2. The van der Waals surface area contributed by atoms with Crippen LogP contribution < -0.4 is 4.72 Å².